The van der Waals surface area contributed by atoms with Gasteiger partial charge in [-0.3, -0.25) is 0 Å². The highest BCUT2D eigenvalue weighted by Gasteiger charge is 2.12. The highest BCUT2D eigenvalue weighted by atomic mass is 16.4. The van der Waals surface area contributed by atoms with E-state index in [1.807, 2.05) is 0 Å². The van der Waals surface area contributed by atoms with Crippen LogP contribution in [0.4, 0.5) is 0 Å². The fourth-order valence-corrected chi connectivity index (χ4v) is 2.27. The molecule has 0 saturated carbocycles. The van der Waals surface area contributed by atoms with E-state index in [1.54, 1.807) is 0 Å². The third-order valence-electron chi connectivity index (χ3n) is 3.44. The maximum atomic E-state index is 11.2. The summed E-state index contributed by atoms with van der Waals surface area (Å²) in [6.45, 7) is 2.06. The smallest absolute Gasteiger partial charge is 0.338 e. The SMILES string of the molecule is Cc1ccc(CCc2nc3nccc(C(=O)O)c3[nH]2)cc1. The van der Waals surface area contributed by atoms with Crippen LogP contribution in [0.15, 0.2) is 36.5 Å². The fraction of sp³-hybridized carbons (Fsp3) is 0.188. The molecule has 0 amide bonds. The van der Waals surface area contributed by atoms with Crippen LogP contribution in [-0.2, 0) is 12.8 Å². The highest BCUT2D eigenvalue weighted by molar-refractivity contribution is 5.99. The molecule has 0 bridgehead atoms. The van der Waals surface area contributed by atoms with Crippen LogP contribution in [-0.4, -0.2) is 26.0 Å². The molecular formula is C16H15N3O2. The summed E-state index contributed by atoms with van der Waals surface area (Å²) in [7, 11) is 0. The molecule has 0 aliphatic heterocycles. The molecule has 0 aliphatic rings. The minimum atomic E-state index is -0.976. The number of nitrogens with one attached hydrogen (secondary N) is 1. The first kappa shape index (κ1) is 13.3. The zero-order valence-electron chi connectivity index (χ0n) is 11.6. The summed E-state index contributed by atoms with van der Waals surface area (Å²) in [6, 6.07) is 9.83. The molecule has 3 aromatic rings. The van der Waals surface area contributed by atoms with E-state index in [2.05, 4.69) is 46.1 Å². The molecule has 106 valence electrons. The maximum absolute atomic E-state index is 11.2. The van der Waals surface area contributed by atoms with Crippen molar-refractivity contribution in [2.24, 2.45) is 0 Å². The number of aromatic amines is 1. The second-order valence-corrected chi connectivity index (χ2v) is 5.03. The van der Waals surface area contributed by atoms with Crippen molar-refractivity contribution >= 4 is 17.1 Å². The molecule has 0 saturated heterocycles. The molecular weight excluding hydrogens is 266 g/mol. The van der Waals surface area contributed by atoms with Crippen LogP contribution in [0.1, 0.15) is 27.3 Å². The molecule has 0 fully saturated rings. The number of carbonyl (C=O) groups is 1. The quantitative estimate of drug-likeness (QED) is 0.770. The summed E-state index contributed by atoms with van der Waals surface area (Å²) in [5.41, 5.74) is 3.61. The van der Waals surface area contributed by atoms with E-state index in [0.29, 0.717) is 11.2 Å². The molecule has 2 aromatic heterocycles. The van der Waals surface area contributed by atoms with Crippen LogP contribution >= 0.6 is 0 Å². The van der Waals surface area contributed by atoms with Gasteiger partial charge in [-0.05, 0) is 25.0 Å². The van der Waals surface area contributed by atoms with Gasteiger partial charge >= 0.3 is 5.97 Å². The molecule has 0 unspecified atom stereocenters. The normalized spacial score (nSPS) is 10.9. The third kappa shape index (κ3) is 2.76. The molecule has 5 heteroatoms. The monoisotopic (exact) mass is 281 g/mol. The average molecular weight is 281 g/mol. The Hall–Kier alpha value is -2.69. The van der Waals surface area contributed by atoms with Crippen molar-refractivity contribution in [3.8, 4) is 0 Å². The highest BCUT2D eigenvalue weighted by Crippen LogP contribution is 2.15. The predicted octanol–water partition coefficient (Wildman–Crippen LogP) is 2.75. The van der Waals surface area contributed by atoms with Gasteiger partial charge in [-0.15, -0.1) is 0 Å². The molecule has 1 aromatic carbocycles. The lowest BCUT2D eigenvalue weighted by atomic mass is 10.1. The molecule has 0 aliphatic carbocycles. The van der Waals surface area contributed by atoms with Crippen LogP contribution in [0.25, 0.3) is 11.2 Å². The zero-order valence-corrected chi connectivity index (χ0v) is 11.6. The molecule has 0 spiro atoms. The number of hydrogen-bond donors (Lipinski definition) is 2. The molecule has 21 heavy (non-hydrogen) atoms. The van der Waals surface area contributed by atoms with Gasteiger partial charge < -0.3 is 10.1 Å². The number of imidazole rings is 1. The van der Waals surface area contributed by atoms with E-state index < -0.39 is 5.97 Å². The van der Waals surface area contributed by atoms with E-state index in [0.717, 1.165) is 18.7 Å². The lowest BCUT2D eigenvalue weighted by Gasteiger charge is -2.00. The lowest BCUT2D eigenvalue weighted by molar-refractivity contribution is 0.0698. The first-order valence-electron chi connectivity index (χ1n) is 6.76. The molecule has 2 heterocycles. The number of aryl methyl sites for hydroxylation is 3. The van der Waals surface area contributed by atoms with Crippen LogP contribution in [0.5, 0.6) is 0 Å². The number of carboxylic acids is 1. The topological polar surface area (TPSA) is 78.9 Å². The number of carboxylic acid groups (broad SMARTS) is 1. The minimum absolute atomic E-state index is 0.203. The Balaban J connectivity index is 1.83. The zero-order chi connectivity index (χ0) is 14.8. The van der Waals surface area contributed by atoms with Crippen molar-refractivity contribution in [1.82, 2.24) is 15.0 Å². The van der Waals surface area contributed by atoms with Crippen molar-refractivity contribution in [3.63, 3.8) is 0 Å². The largest absolute Gasteiger partial charge is 0.478 e. The number of aromatic carboxylic acids is 1. The summed E-state index contributed by atoms with van der Waals surface area (Å²) in [4.78, 5) is 22.7. The van der Waals surface area contributed by atoms with Crippen LogP contribution in [0.2, 0.25) is 0 Å². The van der Waals surface area contributed by atoms with Gasteiger partial charge in [0.15, 0.2) is 5.65 Å². The van der Waals surface area contributed by atoms with Gasteiger partial charge in [0, 0.05) is 12.6 Å². The molecule has 2 N–H and O–H groups in total. The van der Waals surface area contributed by atoms with Crippen LogP contribution in [0, 0.1) is 6.92 Å². The number of benzene rings is 1. The second kappa shape index (κ2) is 5.36. The Morgan fingerprint density at radius 2 is 1.95 bits per heavy atom. The van der Waals surface area contributed by atoms with Gasteiger partial charge in [0.25, 0.3) is 0 Å². The average Bonchev–Trinajstić information content (AvgIpc) is 2.89. The van der Waals surface area contributed by atoms with Crippen molar-refractivity contribution in [1.29, 1.82) is 0 Å². The Morgan fingerprint density at radius 3 is 2.67 bits per heavy atom. The molecule has 0 radical (unpaired) electrons. The minimum Gasteiger partial charge on any atom is -0.478 e. The lowest BCUT2D eigenvalue weighted by Crippen LogP contribution is -1.98. The van der Waals surface area contributed by atoms with Crippen LogP contribution < -0.4 is 0 Å². The Morgan fingerprint density at radius 1 is 1.19 bits per heavy atom. The summed E-state index contributed by atoms with van der Waals surface area (Å²) in [5.74, 6) is -0.220. The maximum Gasteiger partial charge on any atom is 0.338 e. The Bertz CT molecular complexity index is 791. The number of aromatic nitrogens is 3. The number of hydrogen-bond acceptors (Lipinski definition) is 3. The third-order valence-corrected chi connectivity index (χ3v) is 3.44. The van der Waals surface area contributed by atoms with Gasteiger partial charge in [0.2, 0.25) is 0 Å². The molecule has 5 nitrogen and oxygen atoms in total. The van der Waals surface area contributed by atoms with E-state index in [-0.39, 0.29) is 5.56 Å². The number of nitrogens with zero attached hydrogens (tertiary/aromatic N) is 2. The van der Waals surface area contributed by atoms with Gasteiger partial charge in [-0.2, -0.15) is 0 Å². The van der Waals surface area contributed by atoms with Gasteiger partial charge in [-0.25, -0.2) is 14.8 Å². The summed E-state index contributed by atoms with van der Waals surface area (Å²) in [6.07, 6.45) is 3.04. The second-order valence-electron chi connectivity index (χ2n) is 5.03. The summed E-state index contributed by atoms with van der Waals surface area (Å²) >= 11 is 0. The fourth-order valence-electron chi connectivity index (χ4n) is 2.27. The predicted molar refractivity (Wildman–Crippen MR) is 79.4 cm³/mol. The first-order valence-corrected chi connectivity index (χ1v) is 6.76. The van der Waals surface area contributed by atoms with Gasteiger partial charge in [0.05, 0.1) is 11.1 Å². The van der Waals surface area contributed by atoms with Crippen LogP contribution in [0.3, 0.4) is 0 Å². The number of fused-ring (bicyclic) bond motifs is 1. The molecule has 3 rings (SSSR count). The number of rotatable bonds is 4. The van der Waals surface area contributed by atoms with Crippen molar-refractivity contribution in [2.75, 3.05) is 0 Å². The molecule has 0 atom stereocenters. The van der Waals surface area contributed by atoms with E-state index in [1.165, 1.54) is 23.4 Å². The van der Waals surface area contributed by atoms with Crippen molar-refractivity contribution < 1.29 is 9.90 Å². The van der Waals surface area contributed by atoms with E-state index in [9.17, 15) is 4.79 Å². The first-order chi connectivity index (χ1) is 10.1. The van der Waals surface area contributed by atoms with Crippen molar-refractivity contribution in [3.05, 3.63) is 59.0 Å². The summed E-state index contributed by atoms with van der Waals surface area (Å²) in [5, 5.41) is 9.15. The van der Waals surface area contributed by atoms with Gasteiger partial charge in [0.1, 0.15) is 5.82 Å². The Kier molecular flexibility index (Phi) is 3.39. The van der Waals surface area contributed by atoms with E-state index >= 15 is 0 Å². The van der Waals surface area contributed by atoms with E-state index in [4.69, 9.17) is 5.11 Å². The summed E-state index contributed by atoms with van der Waals surface area (Å²) < 4.78 is 0. The van der Waals surface area contributed by atoms with Crippen molar-refractivity contribution in [2.45, 2.75) is 19.8 Å². The number of pyridine rings is 1. The van der Waals surface area contributed by atoms with Gasteiger partial charge in [-0.1, -0.05) is 29.8 Å². The Labute approximate surface area is 121 Å². The number of H-pyrrole nitrogens is 1. The standard InChI is InChI=1S/C16H15N3O2/c1-10-2-4-11(5-3-10)6-7-13-18-14-12(16(20)21)8-9-17-15(14)19-13/h2-5,8-9H,6-7H2,1H3,(H,20,21)(H,17,18,19).